The van der Waals surface area contributed by atoms with Crippen molar-refractivity contribution in [2.24, 2.45) is 0 Å². The molecule has 4 nitrogen and oxygen atoms in total. The van der Waals surface area contributed by atoms with Gasteiger partial charge in [-0.05, 0) is 83.3 Å². The van der Waals surface area contributed by atoms with Crippen LogP contribution in [0, 0.1) is 0 Å². The number of aryl methyl sites for hydroxylation is 1. The second kappa shape index (κ2) is 6.48. The van der Waals surface area contributed by atoms with E-state index >= 15 is 0 Å². The Kier molecular flexibility index (Phi) is 4.39. The molecule has 1 aromatic carbocycles. The SMILES string of the molecule is CC1(C)OB(c2ccc3c(c2)CCC2(CCN(C4CCC4)CC2)O3)OC1(C)C. The lowest BCUT2D eigenvalue weighted by Gasteiger charge is -2.48. The maximum Gasteiger partial charge on any atom is 0.494 e. The molecule has 0 amide bonds. The van der Waals surface area contributed by atoms with Crippen molar-refractivity contribution in [1.82, 2.24) is 4.90 Å². The van der Waals surface area contributed by atoms with E-state index in [1.807, 2.05) is 0 Å². The molecule has 3 aliphatic heterocycles. The van der Waals surface area contributed by atoms with Crippen LogP contribution in [0.1, 0.15) is 71.8 Å². The quantitative estimate of drug-likeness (QED) is 0.729. The van der Waals surface area contributed by atoms with E-state index in [0.717, 1.165) is 30.1 Å². The molecule has 3 heterocycles. The molecule has 0 unspecified atom stereocenters. The van der Waals surface area contributed by atoms with E-state index in [0.29, 0.717) is 0 Å². The van der Waals surface area contributed by atoms with Crippen LogP contribution >= 0.6 is 0 Å². The third-order valence-corrected chi connectivity index (χ3v) is 8.09. The maximum absolute atomic E-state index is 6.63. The highest BCUT2D eigenvalue weighted by molar-refractivity contribution is 6.62. The largest absolute Gasteiger partial charge is 0.494 e. The average molecular weight is 383 g/mol. The molecule has 1 aromatic rings. The lowest BCUT2D eigenvalue weighted by molar-refractivity contribution is -0.0336. The van der Waals surface area contributed by atoms with Gasteiger partial charge in [0.1, 0.15) is 11.4 Å². The van der Waals surface area contributed by atoms with Crippen LogP contribution in [-0.4, -0.2) is 48.0 Å². The Bertz CT molecular complexity index is 734. The molecule has 0 aromatic heterocycles. The lowest BCUT2D eigenvalue weighted by Crippen LogP contribution is -2.53. The van der Waals surface area contributed by atoms with E-state index in [2.05, 4.69) is 50.8 Å². The Morgan fingerprint density at radius 2 is 1.64 bits per heavy atom. The van der Waals surface area contributed by atoms with Crippen LogP contribution in [-0.2, 0) is 15.7 Å². The predicted octanol–water partition coefficient (Wildman–Crippen LogP) is 3.70. The maximum atomic E-state index is 6.63. The first kappa shape index (κ1) is 19.0. The van der Waals surface area contributed by atoms with Crippen LogP contribution in [0.25, 0.3) is 0 Å². The zero-order chi connectivity index (χ0) is 19.6. The third kappa shape index (κ3) is 3.10. The fourth-order valence-corrected chi connectivity index (χ4v) is 5.07. The van der Waals surface area contributed by atoms with Gasteiger partial charge in [-0.25, -0.2) is 0 Å². The minimum absolute atomic E-state index is 0.0547. The molecule has 2 saturated heterocycles. The van der Waals surface area contributed by atoms with Gasteiger partial charge in [-0.2, -0.15) is 0 Å². The number of rotatable bonds is 2. The molecule has 0 bridgehead atoms. The summed E-state index contributed by atoms with van der Waals surface area (Å²) in [6, 6.07) is 7.38. The molecule has 5 heteroatoms. The fourth-order valence-electron chi connectivity index (χ4n) is 5.07. The van der Waals surface area contributed by atoms with Crippen molar-refractivity contribution < 1.29 is 14.0 Å². The van der Waals surface area contributed by atoms with Crippen LogP contribution in [0.15, 0.2) is 18.2 Å². The van der Waals surface area contributed by atoms with Gasteiger partial charge in [-0.3, -0.25) is 0 Å². The summed E-state index contributed by atoms with van der Waals surface area (Å²) in [7, 11) is -0.295. The molecule has 4 aliphatic rings. The van der Waals surface area contributed by atoms with Gasteiger partial charge in [0.15, 0.2) is 0 Å². The number of hydrogen-bond donors (Lipinski definition) is 0. The van der Waals surface area contributed by atoms with Crippen LogP contribution in [0.3, 0.4) is 0 Å². The first-order valence-electron chi connectivity index (χ1n) is 11.2. The number of fused-ring (bicyclic) bond motifs is 1. The van der Waals surface area contributed by atoms with Gasteiger partial charge >= 0.3 is 7.12 Å². The Hall–Kier alpha value is -1.04. The summed E-state index contributed by atoms with van der Waals surface area (Å²) < 4.78 is 19.1. The second-order valence-electron chi connectivity index (χ2n) is 10.4. The monoisotopic (exact) mass is 383 g/mol. The first-order valence-corrected chi connectivity index (χ1v) is 11.2. The average Bonchev–Trinajstić information content (AvgIpc) is 2.83. The minimum Gasteiger partial charge on any atom is -0.487 e. The van der Waals surface area contributed by atoms with Crippen molar-refractivity contribution in [1.29, 1.82) is 0 Å². The van der Waals surface area contributed by atoms with E-state index in [-0.39, 0.29) is 23.9 Å². The van der Waals surface area contributed by atoms with Crippen molar-refractivity contribution >= 4 is 12.6 Å². The normalized spacial score (nSPS) is 28.6. The number of nitrogens with zero attached hydrogens (tertiary/aromatic N) is 1. The van der Waals surface area contributed by atoms with Crippen molar-refractivity contribution in [3.63, 3.8) is 0 Å². The van der Waals surface area contributed by atoms with Crippen LogP contribution in [0.2, 0.25) is 0 Å². The molecular weight excluding hydrogens is 349 g/mol. The van der Waals surface area contributed by atoms with E-state index in [1.165, 1.54) is 50.8 Å². The molecule has 0 radical (unpaired) electrons. The highest BCUT2D eigenvalue weighted by Gasteiger charge is 2.52. The van der Waals surface area contributed by atoms with Crippen LogP contribution in [0.4, 0.5) is 0 Å². The number of piperidine rings is 1. The molecule has 1 saturated carbocycles. The summed E-state index contributed by atoms with van der Waals surface area (Å²) >= 11 is 0. The zero-order valence-corrected chi connectivity index (χ0v) is 17.9. The van der Waals surface area contributed by atoms with Gasteiger partial charge in [0.05, 0.1) is 11.2 Å². The van der Waals surface area contributed by atoms with Crippen molar-refractivity contribution in [3.05, 3.63) is 23.8 Å². The van der Waals surface area contributed by atoms with Crippen LogP contribution in [0.5, 0.6) is 5.75 Å². The Labute approximate surface area is 170 Å². The lowest BCUT2D eigenvalue weighted by atomic mass is 9.76. The van der Waals surface area contributed by atoms with Gasteiger partial charge in [-0.15, -0.1) is 0 Å². The van der Waals surface area contributed by atoms with Crippen molar-refractivity contribution in [2.45, 2.75) is 95.5 Å². The summed E-state index contributed by atoms with van der Waals surface area (Å²) in [5, 5.41) is 0. The molecule has 3 fully saturated rings. The van der Waals surface area contributed by atoms with E-state index in [4.69, 9.17) is 14.0 Å². The van der Waals surface area contributed by atoms with Gasteiger partial charge in [0.25, 0.3) is 0 Å². The molecule has 1 aliphatic carbocycles. The number of likely N-dealkylation sites (tertiary alicyclic amines) is 1. The summed E-state index contributed by atoms with van der Waals surface area (Å²) in [5.74, 6) is 1.07. The Balaban J connectivity index is 1.28. The van der Waals surface area contributed by atoms with E-state index in [9.17, 15) is 0 Å². The van der Waals surface area contributed by atoms with Gasteiger partial charge in [0.2, 0.25) is 0 Å². The van der Waals surface area contributed by atoms with E-state index in [1.54, 1.807) is 0 Å². The summed E-state index contributed by atoms with van der Waals surface area (Å²) in [5.41, 5.74) is 1.86. The molecule has 152 valence electrons. The smallest absolute Gasteiger partial charge is 0.487 e. The standard InChI is InChI=1S/C23H34BNO3/c1-21(2)22(3,4)28-24(27-21)18-8-9-20-17(16-18)10-11-23(26-20)12-14-25(15-13-23)19-6-5-7-19/h8-9,16,19H,5-7,10-15H2,1-4H3. The van der Waals surface area contributed by atoms with Crippen molar-refractivity contribution in [3.8, 4) is 5.75 Å². The molecule has 0 atom stereocenters. The summed E-state index contributed by atoms with van der Waals surface area (Å²) in [6.45, 7) is 10.8. The van der Waals surface area contributed by atoms with E-state index < -0.39 is 0 Å². The summed E-state index contributed by atoms with van der Waals surface area (Å²) in [4.78, 5) is 2.70. The Morgan fingerprint density at radius 3 is 2.25 bits per heavy atom. The van der Waals surface area contributed by atoms with Gasteiger partial charge in [-0.1, -0.05) is 18.6 Å². The van der Waals surface area contributed by atoms with Crippen molar-refractivity contribution in [2.75, 3.05) is 13.1 Å². The molecule has 28 heavy (non-hydrogen) atoms. The predicted molar refractivity (Wildman–Crippen MR) is 112 cm³/mol. The topological polar surface area (TPSA) is 30.9 Å². The fraction of sp³-hybridized carbons (Fsp3) is 0.739. The van der Waals surface area contributed by atoms with Gasteiger partial charge in [0, 0.05) is 19.1 Å². The van der Waals surface area contributed by atoms with Gasteiger partial charge < -0.3 is 18.9 Å². The third-order valence-electron chi connectivity index (χ3n) is 8.09. The Morgan fingerprint density at radius 1 is 0.964 bits per heavy atom. The molecular formula is C23H34BNO3. The molecule has 0 N–H and O–H groups in total. The number of benzene rings is 1. The first-order chi connectivity index (χ1) is 13.3. The number of hydrogen-bond acceptors (Lipinski definition) is 4. The number of ether oxygens (including phenoxy) is 1. The molecule has 5 rings (SSSR count). The highest BCUT2D eigenvalue weighted by atomic mass is 16.7. The second-order valence-corrected chi connectivity index (χ2v) is 10.4. The highest BCUT2D eigenvalue weighted by Crippen LogP contribution is 2.41. The van der Waals surface area contributed by atoms with Crippen LogP contribution < -0.4 is 10.2 Å². The molecule has 1 spiro atoms. The summed E-state index contributed by atoms with van der Waals surface area (Å²) in [6.07, 6.45) is 8.78. The minimum atomic E-state index is -0.303. The zero-order valence-electron chi connectivity index (χ0n) is 17.9.